The summed E-state index contributed by atoms with van der Waals surface area (Å²) in [6, 6.07) is 6.85. The number of piperidine rings is 1. The number of carbonyl (C=O) groups is 3. The smallest absolute Gasteiger partial charge is 0.228 e. The standard InChI is InChI=1S/C14H17N3O3/c1-9(18)16-11-2-4-12(5-3-11)17-14(20)10-6-7-15-13(19)8-10/h2-5,10H,6-8H2,1H3,(H,15,19)(H,16,18)(H,17,20). The summed E-state index contributed by atoms with van der Waals surface area (Å²) in [5.41, 5.74) is 1.32. The predicted molar refractivity (Wildman–Crippen MR) is 75.1 cm³/mol. The molecule has 0 saturated carbocycles. The lowest BCUT2D eigenvalue weighted by Gasteiger charge is -2.21. The Morgan fingerprint density at radius 3 is 2.30 bits per heavy atom. The first-order valence-electron chi connectivity index (χ1n) is 6.50. The summed E-state index contributed by atoms with van der Waals surface area (Å²) in [6.45, 7) is 1.97. The minimum atomic E-state index is -0.279. The van der Waals surface area contributed by atoms with Crippen molar-refractivity contribution in [3.8, 4) is 0 Å². The van der Waals surface area contributed by atoms with Gasteiger partial charge in [-0.3, -0.25) is 14.4 Å². The SMILES string of the molecule is CC(=O)Nc1ccc(NC(=O)C2CCNC(=O)C2)cc1. The molecular formula is C14H17N3O3. The second-order valence-corrected chi connectivity index (χ2v) is 4.79. The summed E-state index contributed by atoms with van der Waals surface area (Å²) < 4.78 is 0. The Balaban J connectivity index is 1.93. The molecule has 1 aliphatic rings. The lowest BCUT2D eigenvalue weighted by molar-refractivity contribution is -0.129. The lowest BCUT2D eigenvalue weighted by atomic mass is 9.96. The fourth-order valence-electron chi connectivity index (χ4n) is 2.09. The van der Waals surface area contributed by atoms with Gasteiger partial charge in [0.05, 0.1) is 0 Å². The molecule has 3 amide bonds. The second kappa shape index (κ2) is 6.18. The van der Waals surface area contributed by atoms with E-state index in [1.807, 2.05) is 0 Å². The molecule has 1 heterocycles. The van der Waals surface area contributed by atoms with Crippen LogP contribution in [0.1, 0.15) is 19.8 Å². The van der Waals surface area contributed by atoms with Crippen molar-refractivity contribution < 1.29 is 14.4 Å². The van der Waals surface area contributed by atoms with Gasteiger partial charge in [-0.2, -0.15) is 0 Å². The molecule has 1 aromatic rings. The van der Waals surface area contributed by atoms with Gasteiger partial charge in [-0.15, -0.1) is 0 Å². The Bertz CT molecular complexity index is 525. The van der Waals surface area contributed by atoms with Crippen LogP contribution in [0.4, 0.5) is 11.4 Å². The number of anilines is 2. The van der Waals surface area contributed by atoms with E-state index in [9.17, 15) is 14.4 Å². The van der Waals surface area contributed by atoms with Crippen LogP contribution < -0.4 is 16.0 Å². The fraction of sp³-hybridized carbons (Fsp3) is 0.357. The van der Waals surface area contributed by atoms with Gasteiger partial charge >= 0.3 is 0 Å². The molecular weight excluding hydrogens is 258 g/mol. The largest absolute Gasteiger partial charge is 0.356 e. The third-order valence-corrected chi connectivity index (χ3v) is 3.09. The summed E-state index contributed by atoms with van der Waals surface area (Å²) in [6.07, 6.45) is 0.886. The maximum atomic E-state index is 12.0. The molecule has 0 aromatic heterocycles. The van der Waals surface area contributed by atoms with Crippen LogP contribution >= 0.6 is 0 Å². The molecule has 0 aliphatic carbocycles. The normalized spacial score (nSPS) is 18.1. The molecule has 3 N–H and O–H groups in total. The van der Waals surface area contributed by atoms with Gasteiger partial charge in [0.1, 0.15) is 0 Å². The van der Waals surface area contributed by atoms with Gasteiger partial charge in [-0.05, 0) is 30.7 Å². The van der Waals surface area contributed by atoms with E-state index in [4.69, 9.17) is 0 Å². The van der Waals surface area contributed by atoms with Gasteiger partial charge in [-0.1, -0.05) is 0 Å². The zero-order valence-corrected chi connectivity index (χ0v) is 11.2. The Morgan fingerprint density at radius 2 is 1.75 bits per heavy atom. The molecule has 1 fully saturated rings. The van der Waals surface area contributed by atoms with Gasteiger partial charge in [0.2, 0.25) is 17.7 Å². The summed E-state index contributed by atoms with van der Waals surface area (Å²) >= 11 is 0. The van der Waals surface area contributed by atoms with Crippen LogP contribution in [-0.4, -0.2) is 24.3 Å². The van der Waals surface area contributed by atoms with Crippen LogP contribution in [-0.2, 0) is 14.4 Å². The van der Waals surface area contributed by atoms with Crippen molar-refractivity contribution in [1.82, 2.24) is 5.32 Å². The summed E-state index contributed by atoms with van der Waals surface area (Å²) in [5, 5.41) is 8.13. The van der Waals surface area contributed by atoms with Crippen LogP contribution in [0.25, 0.3) is 0 Å². The fourth-order valence-corrected chi connectivity index (χ4v) is 2.09. The molecule has 6 heteroatoms. The molecule has 1 saturated heterocycles. The maximum absolute atomic E-state index is 12.0. The van der Waals surface area contributed by atoms with Crippen molar-refractivity contribution in [2.45, 2.75) is 19.8 Å². The van der Waals surface area contributed by atoms with Crippen molar-refractivity contribution in [1.29, 1.82) is 0 Å². The number of hydrogen-bond acceptors (Lipinski definition) is 3. The second-order valence-electron chi connectivity index (χ2n) is 4.79. The van der Waals surface area contributed by atoms with Crippen molar-refractivity contribution >= 4 is 29.1 Å². The van der Waals surface area contributed by atoms with Crippen molar-refractivity contribution in [2.75, 3.05) is 17.2 Å². The van der Waals surface area contributed by atoms with E-state index in [1.54, 1.807) is 24.3 Å². The van der Waals surface area contributed by atoms with Gasteiger partial charge in [0, 0.05) is 37.2 Å². The van der Waals surface area contributed by atoms with Gasteiger partial charge in [-0.25, -0.2) is 0 Å². The van der Waals surface area contributed by atoms with Gasteiger partial charge in [0.25, 0.3) is 0 Å². The molecule has 0 radical (unpaired) electrons. The maximum Gasteiger partial charge on any atom is 0.228 e. The number of nitrogens with one attached hydrogen (secondary N) is 3. The third-order valence-electron chi connectivity index (χ3n) is 3.09. The molecule has 20 heavy (non-hydrogen) atoms. The van der Waals surface area contributed by atoms with E-state index < -0.39 is 0 Å². The third kappa shape index (κ3) is 3.81. The number of hydrogen-bond donors (Lipinski definition) is 3. The number of benzene rings is 1. The molecule has 6 nitrogen and oxygen atoms in total. The van der Waals surface area contributed by atoms with Crippen molar-refractivity contribution in [3.05, 3.63) is 24.3 Å². The monoisotopic (exact) mass is 275 g/mol. The zero-order chi connectivity index (χ0) is 14.5. The van der Waals surface area contributed by atoms with E-state index in [-0.39, 0.29) is 30.1 Å². The Hall–Kier alpha value is -2.37. The van der Waals surface area contributed by atoms with E-state index in [0.29, 0.717) is 24.3 Å². The minimum absolute atomic E-state index is 0.0857. The average Bonchev–Trinajstić information content (AvgIpc) is 2.40. The molecule has 1 aliphatic heterocycles. The highest BCUT2D eigenvalue weighted by molar-refractivity contribution is 5.96. The summed E-state index contributed by atoms with van der Waals surface area (Å²) in [7, 11) is 0. The van der Waals surface area contributed by atoms with Crippen LogP contribution in [0.5, 0.6) is 0 Å². The summed E-state index contributed by atoms with van der Waals surface area (Å²) in [5.74, 6) is -0.654. The predicted octanol–water partition coefficient (Wildman–Crippen LogP) is 1.11. The highest BCUT2D eigenvalue weighted by atomic mass is 16.2. The first-order chi connectivity index (χ1) is 9.54. The first-order valence-corrected chi connectivity index (χ1v) is 6.50. The van der Waals surface area contributed by atoms with Crippen LogP contribution in [0.3, 0.4) is 0 Å². The molecule has 1 atom stereocenters. The number of amides is 3. The highest BCUT2D eigenvalue weighted by Gasteiger charge is 2.25. The number of carbonyl (C=O) groups excluding carboxylic acids is 3. The van der Waals surface area contributed by atoms with Crippen LogP contribution in [0.2, 0.25) is 0 Å². The van der Waals surface area contributed by atoms with E-state index >= 15 is 0 Å². The molecule has 1 unspecified atom stereocenters. The molecule has 0 spiro atoms. The van der Waals surface area contributed by atoms with Gasteiger partial charge < -0.3 is 16.0 Å². The summed E-state index contributed by atoms with van der Waals surface area (Å²) in [4.78, 5) is 34.2. The van der Waals surface area contributed by atoms with E-state index in [0.717, 1.165) is 0 Å². The van der Waals surface area contributed by atoms with Crippen LogP contribution in [0, 0.1) is 5.92 Å². The van der Waals surface area contributed by atoms with E-state index in [1.165, 1.54) is 6.92 Å². The topological polar surface area (TPSA) is 87.3 Å². The average molecular weight is 275 g/mol. The van der Waals surface area contributed by atoms with Crippen molar-refractivity contribution in [2.24, 2.45) is 5.92 Å². The molecule has 0 bridgehead atoms. The van der Waals surface area contributed by atoms with Crippen molar-refractivity contribution in [3.63, 3.8) is 0 Å². The van der Waals surface area contributed by atoms with Crippen LogP contribution in [0.15, 0.2) is 24.3 Å². The molecule has 106 valence electrons. The minimum Gasteiger partial charge on any atom is -0.356 e. The Labute approximate surface area is 116 Å². The van der Waals surface area contributed by atoms with E-state index in [2.05, 4.69) is 16.0 Å². The Morgan fingerprint density at radius 1 is 1.15 bits per heavy atom. The number of rotatable bonds is 3. The molecule has 2 rings (SSSR count). The lowest BCUT2D eigenvalue weighted by Crippen LogP contribution is -2.38. The highest BCUT2D eigenvalue weighted by Crippen LogP contribution is 2.18. The molecule has 1 aromatic carbocycles. The quantitative estimate of drug-likeness (QED) is 0.772. The Kier molecular flexibility index (Phi) is 4.34. The first kappa shape index (κ1) is 14.0. The zero-order valence-electron chi connectivity index (χ0n) is 11.2. The van der Waals surface area contributed by atoms with Gasteiger partial charge in [0.15, 0.2) is 0 Å².